The van der Waals surface area contributed by atoms with E-state index < -0.39 is 5.41 Å². The van der Waals surface area contributed by atoms with Crippen LogP contribution in [0.2, 0.25) is 0 Å². The quantitative estimate of drug-likeness (QED) is 0.183. The lowest BCUT2D eigenvalue weighted by Crippen LogP contribution is -2.25. The van der Waals surface area contributed by atoms with Gasteiger partial charge in [-0.2, -0.15) is 0 Å². The zero-order valence-corrected chi connectivity index (χ0v) is 29.2. The van der Waals surface area contributed by atoms with Gasteiger partial charge in [-0.1, -0.05) is 172 Å². The SMILES string of the molecule is CC(C)c1cc(-c2ccccc2)cc(-c2cc(-c3ccccc3)nc(-c3cccc4c3-c3ccccc3C43c4ccccc4-c4ccccc43)n2)c1. The molecule has 0 radical (unpaired) electrons. The second-order valence-electron chi connectivity index (χ2n) is 14.3. The highest BCUT2D eigenvalue weighted by Crippen LogP contribution is 2.63. The van der Waals surface area contributed by atoms with Gasteiger partial charge in [-0.3, -0.25) is 0 Å². The highest BCUT2D eigenvalue weighted by atomic mass is 14.9. The third-order valence-electron chi connectivity index (χ3n) is 11.1. The van der Waals surface area contributed by atoms with Gasteiger partial charge in [0, 0.05) is 16.7 Å². The number of nitrogens with zero attached hydrogens (tertiary/aromatic N) is 2. The number of hydrogen-bond acceptors (Lipinski definition) is 2. The lowest BCUT2D eigenvalue weighted by atomic mass is 9.70. The summed E-state index contributed by atoms with van der Waals surface area (Å²) in [5.74, 6) is 1.09. The number of fused-ring (bicyclic) bond motifs is 10. The van der Waals surface area contributed by atoms with Crippen LogP contribution in [0.4, 0.5) is 0 Å². The van der Waals surface area contributed by atoms with Gasteiger partial charge in [-0.05, 0) is 85.3 Å². The Morgan fingerprint density at radius 2 is 0.865 bits per heavy atom. The van der Waals surface area contributed by atoms with Crippen molar-refractivity contribution in [1.82, 2.24) is 9.97 Å². The van der Waals surface area contributed by atoms with Gasteiger partial charge < -0.3 is 0 Å². The third-order valence-corrected chi connectivity index (χ3v) is 11.1. The van der Waals surface area contributed by atoms with Crippen molar-refractivity contribution in [3.05, 3.63) is 204 Å². The largest absolute Gasteiger partial charge is 0.228 e. The summed E-state index contributed by atoms with van der Waals surface area (Å²) in [6.45, 7) is 4.52. The predicted octanol–water partition coefficient (Wildman–Crippen LogP) is 12.6. The van der Waals surface area contributed by atoms with Crippen LogP contribution in [0.15, 0.2) is 176 Å². The normalized spacial score (nSPS) is 13.1. The third kappa shape index (κ3) is 4.50. The van der Waals surface area contributed by atoms with Crippen molar-refractivity contribution in [2.24, 2.45) is 0 Å². The fourth-order valence-corrected chi connectivity index (χ4v) is 8.73. The minimum Gasteiger partial charge on any atom is -0.228 e. The molecule has 10 rings (SSSR count). The molecule has 0 unspecified atom stereocenters. The Balaban J connectivity index is 1.25. The summed E-state index contributed by atoms with van der Waals surface area (Å²) in [6, 6.07) is 63.9. The second kappa shape index (κ2) is 11.9. The highest BCUT2D eigenvalue weighted by Gasteiger charge is 2.52. The topological polar surface area (TPSA) is 25.8 Å². The van der Waals surface area contributed by atoms with Gasteiger partial charge in [-0.15, -0.1) is 0 Å². The predicted molar refractivity (Wildman–Crippen MR) is 214 cm³/mol. The van der Waals surface area contributed by atoms with Gasteiger partial charge in [-0.25, -0.2) is 9.97 Å². The summed E-state index contributed by atoms with van der Waals surface area (Å²) < 4.78 is 0. The van der Waals surface area contributed by atoms with Crippen LogP contribution in [0, 0.1) is 0 Å². The first-order chi connectivity index (χ1) is 25.6. The van der Waals surface area contributed by atoms with Crippen molar-refractivity contribution in [2.45, 2.75) is 25.2 Å². The van der Waals surface area contributed by atoms with E-state index in [9.17, 15) is 0 Å². The lowest BCUT2D eigenvalue weighted by Gasteiger charge is -2.30. The molecule has 246 valence electrons. The average molecular weight is 665 g/mol. The maximum atomic E-state index is 5.48. The fraction of sp³-hybridized carbons (Fsp3) is 0.0800. The average Bonchev–Trinajstić information content (AvgIpc) is 3.69. The molecule has 0 atom stereocenters. The van der Waals surface area contributed by atoms with Crippen LogP contribution in [0.1, 0.15) is 47.6 Å². The molecule has 1 heterocycles. The standard InChI is InChI=1S/C50H36N2/c1-32(2)35-28-36(33-16-5-3-6-17-33)30-37(29-35)47-31-46(34-18-7-4-8-19-34)51-49(52-47)41-23-15-27-45-48(41)40-22-11-14-26-44(40)50(45)42-24-12-9-20-38(42)39-21-10-13-25-43(39)50/h3-32H,1-2H3. The van der Waals surface area contributed by atoms with Crippen molar-refractivity contribution >= 4 is 0 Å². The Morgan fingerprint density at radius 1 is 0.385 bits per heavy atom. The number of rotatable bonds is 5. The van der Waals surface area contributed by atoms with Gasteiger partial charge in [0.25, 0.3) is 0 Å². The number of hydrogen-bond donors (Lipinski definition) is 0. The summed E-state index contributed by atoms with van der Waals surface area (Å²) in [7, 11) is 0. The molecule has 2 nitrogen and oxygen atoms in total. The maximum Gasteiger partial charge on any atom is 0.161 e. The molecule has 0 N–H and O–H groups in total. The molecule has 8 aromatic rings. The van der Waals surface area contributed by atoms with Crippen LogP contribution < -0.4 is 0 Å². The van der Waals surface area contributed by atoms with E-state index in [1.807, 2.05) is 0 Å². The number of benzene rings is 7. The van der Waals surface area contributed by atoms with Crippen LogP contribution in [0.25, 0.3) is 67.3 Å². The molecule has 0 fully saturated rings. The lowest BCUT2D eigenvalue weighted by molar-refractivity contribution is 0.794. The van der Waals surface area contributed by atoms with E-state index in [2.05, 4.69) is 190 Å². The van der Waals surface area contributed by atoms with E-state index in [0.29, 0.717) is 5.92 Å². The molecule has 2 aliphatic carbocycles. The molecule has 7 aromatic carbocycles. The molecular weight excluding hydrogens is 629 g/mol. The first-order valence-electron chi connectivity index (χ1n) is 18.2. The summed E-state index contributed by atoms with van der Waals surface area (Å²) in [5, 5.41) is 0. The van der Waals surface area contributed by atoms with Crippen molar-refractivity contribution in [2.75, 3.05) is 0 Å². The Kier molecular flexibility index (Phi) is 6.94. The van der Waals surface area contributed by atoms with Gasteiger partial charge in [0.05, 0.1) is 16.8 Å². The summed E-state index contributed by atoms with van der Waals surface area (Å²) >= 11 is 0. The van der Waals surface area contributed by atoms with Crippen molar-refractivity contribution in [3.8, 4) is 67.3 Å². The minimum absolute atomic E-state index is 0.361. The zero-order chi connectivity index (χ0) is 34.8. The molecule has 0 amide bonds. The molecule has 0 bridgehead atoms. The van der Waals surface area contributed by atoms with Gasteiger partial charge >= 0.3 is 0 Å². The smallest absolute Gasteiger partial charge is 0.161 e. The van der Waals surface area contributed by atoms with Crippen LogP contribution in [0.5, 0.6) is 0 Å². The summed E-state index contributed by atoms with van der Waals surface area (Å²) in [4.78, 5) is 10.9. The second-order valence-corrected chi connectivity index (χ2v) is 14.3. The van der Waals surface area contributed by atoms with Crippen LogP contribution >= 0.6 is 0 Å². The molecule has 0 aliphatic heterocycles. The number of aromatic nitrogens is 2. The van der Waals surface area contributed by atoms with E-state index >= 15 is 0 Å². The molecule has 1 aromatic heterocycles. The molecule has 0 saturated heterocycles. The van der Waals surface area contributed by atoms with Crippen molar-refractivity contribution in [3.63, 3.8) is 0 Å². The molecular formula is C50H36N2. The van der Waals surface area contributed by atoms with E-state index in [0.717, 1.165) is 33.9 Å². The van der Waals surface area contributed by atoms with Crippen molar-refractivity contribution < 1.29 is 0 Å². The monoisotopic (exact) mass is 664 g/mol. The Hall–Kier alpha value is -6.38. The van der Waals surface area contributed by atoms with Gasteiger partial charge in [0.2, 0.25) is 0 Å². The van der Waals surface area contributed by atoms with Crippen LogP contribution in [-0.2, 0) is 5.41 Å². The highest BCUT2D eigenvalue weighted by molar-refractivity contribution is 5.99. The Bertz CT molecular complexity index is 2610. The van der Waals surface area contributed by atoms with Crippen LogP contribution in [0.3, 0.4) is 0 Å². The van der Waals surface area contributed by atoms with E-state index in [4.69, 9.17) is 9.97 Å². The first kappa shape index (κ1) is 30.4. The summed E-state index contributed by atoms with van der Waals surface area (Å²) in [6.07, 6.45) is 0. The molecule has 0 saturated carbocycles. The van der Waals surface area contributed by atoms with Crippen LogP contribution in [-0.4, -0.2) is 9.97 Å². The molecule has 1 spiro atoms. The molecule has 2 heteroatoms. The van der Waals surface area contributed by atoms with E-state index in [1.54, 1.807) is 0 Å². The molecule has 2 aliphatic rings. The maximum absolute atomic E-state index is 5.48. The van der Waals surface area contributed by atoms with Gasteiger partial charge in [0.1, 0.15) is 0 Å². The Morgan fingerprint density at radius 3 is 1.50 bits per heavy atom. The van der Waals surface area contributed by atoms with Gasteiger partial charge in [0.15, 0.2) is 5.82 Å². The molecule has 52 heavy (non-hydrogen) atoms. The van der Waals surface area contributed by atoms with E-state index in [1.165, 1.54) is 61.2 Å². The van der Waals surface area contributed by atoms with Crippen molar-refractivity contribution in [1.29, 1.82) is 0 Å². The zero-order valence-electron chi connectivity index (χ0n) is 29.2. The fourth-order valence-electron chi connectivity index (χ4n) is 8.73. The van der Waals surface area contributed by atoms with E-state index in [-0.39, 0.29) is 0 Å². The summed E-state index contributed by atoms with van der Waals surface area (Å²) in [5.41, 5.74) is 18.6. The minimum atomic E-state index is -0.425. The first-order valence-corrected chi connectivity index (χ1v) is 18.2. The Labute approximate surface area is 305 Å².